The van der Waals surface area contributed by atoms with Crippen LogP contribution in [0.1, 0.15) is 51.6 Å². The lowest BCUT2D eigenvalue weighted by molar-refractivity contribution is -0.159. The van der Waals surface area contributed by atoms with Gasteiger partial charge in [-0.25, -0.2) is 29.5 Å². The van der Waals surface area contributed by atoms with Crippen LogP contribution in [0.3, 0.4) is 0 Å². The maximum Gasteiger partial charge on any atom is 0.414 e. The first-order chi connectivity index (χ1) is 37.1. The van der Waals surface area contributed by atoms with Gasteiger partial charge in [-0.3, -0.25) is 28.7 Å². The highest BCUT2D eigenvalue weighted by Crippen LogP contribution is 2.32. The van der Waals surface area contributed by atoms with Crippen molar-refractivity contribution in [3.63, 3.8) is 0 Å². The summed E-state index contributed by atoms with van der Waals surface area (Å²) in [5, 5.41) is 40.1. The Bertz CT molecular complexity index is 2870. The number of ether oxygens (including phenoxy) is 2. The Balaban J connectivity index is 0.000000182. The molecule has 0 amide bonds. The van der Waals surface area contributed by atoms with Gasteiger partial charge in [0.05, 0.1) is 60.5 Å². The van der Waals surface area contributed by atoms with Crippen molar-refractivity contribution in [3.05, 3.63) is 111 Å². The second-order valence-electron chi connectivity index (χ2n) is 17.9. The summed E-state index contributed by atoms with van der Waals surface area (Å²) in [6, 6.07) is 12.5. The molecule has 24 heteroatoms. The summed E-state index contributed by atoms with van der Waals surface area (Å²) in [5.41, 5.74) is 8.87. The third-order valence-corrected chi connectivity index (χ3v) is 12.9. The third-order valence-electron chi connectivity index (χ3n) is 12.9. The molecule has 10 rings (SSSR count). The van der Waals surface area contributed by atoms with Crippen molar-refractivity contribution >= 4 is 35.2 Å². The average molecular weight is 1040 g/mol. The smallest absolute Gasteiger partial charge is 0.414 e. The van der Waals surface area contributed by atoms with Gasteiger partial charge in [0.1, 0.15) is 11.4 Å². The van der Waals surface area contributed by atoms with Crippen LogP contribution in [0.2, 0.25) is 0 Å². The van der Waals surface area contributed by atoms with Crippen LogP contribution in [0.5, 0.6) is 0 Å². The number of aromatic nitrogens is 14. The number of carboxylic acids is 2. The van der Waals surface area contributed by atoms with E-state index < -0.39 is 11.9 Å². The second-order valence-corrected chi connectivity index (χ2v) is 17.9. The van der Waals surface area contributed by atoms with Gasteiger partial charge in [-0.15, -0.1) is 0 Å². The summed E-state index contributed by atoms with van der Waals surface area (Å²) in [4.78, 5) is 50.0. The van der Waals surface area contributed by atoms with E-state index in [-0.39, 0.29) is 0 Å². The summed E-state index contributed by atoms with van der Waals surface area (Å²) < 4.78 is 18.4. The minimum absolute atomic E-state index is 0.401. The minimum Gasteiger partial charge on any atom is -0.473 e. The molecule has 8 aromatic heterocycles. The van der Waals surface area contributed by atoms with E-state index in [1.54, 1.807) is 39.0 Å². The molecule has 0 atom stereocenters. The number of piperidine rings is 2. The van der Waals surface area contributed by atoms with E-state index in [2.05, 4.69) is 73.8 Å². The highest BCUT2D eigenvalue weighted by Gasteiger charge is 2.23. The zero-order valence-electron chi connectivity index (χ0n) is 43.1. The summed E-state index contributed by atoms with van der Waals surface area (Å²) in [5.74, 6) is -2.60. The first kappa shape index (κ1) is 54.0. The summed E-state index contributed by atoms with van der Waals surface area (Å²) >= 11 is 0. The molecule has 2 aliphatic heterocycles. The van der Waals surface area contributed by atoms with Gasteiger partial charge in [-0.1, -0.05) is 0 Å². The standard InChI is InChI=1S/2C25H31N9O.C2H2O4/c2*1-3-33-18-22(24(31-33)19-5-4-9-26-15-19)23-6-10-27-25(30-23)29-20-16-28-34(17-20)21-7-11-32(12-8-21)13-14-35-2;3-1(4)2(5)6/h2*4-6,9-10,15-18,21H,3,7-8,11-14H2,1-2H3,(H,27,29,30);(H,3,4)(H,5,6). The quantitative estimate of drug-likeness (QED) is 0.0673. The largest absolute Gasteiger partial charge is 0.473 e. The van der Waals surface area contributed by atoms with E-state index in [4.69, 9.17) is 49.4 Å². The minimum atomic E-state index is -1.82. The molecule has 2 saturated heterocycles. The number of nitrogens with zero attached hydrogens (tertiary/aromatic N) is 16. The molecule has 76 heavy (non-hydrogen) atoms. The molecule has 2 aliphatic rings. The Morgan fingerprint density at radius 1 is 0.592 bits per heavy atom. The van der Waals surface area contributed by atoms with E-state index in [1.807, 2.05) is 95.3 Å². The lowest BCUT2D eigenvalue weighted by Crippen LogP contribution is -2.36. The highest BCUT2D eigenvalue weighted by atomic mass is 16.5. The molecule has 24 nitrogen and oxygen atoms in total. The molecule has 0 aliphatic carbocycles. The van der Waals surface area contributed by atoms with Gasteiger partial charge in [-0.05, 0) is 75.9 Å². The van der Waals surface area contributed by atoms with Crippen LogP contribution in [0.15, 0.2) is 111 Å². The molecule has 0 spiro atoms. The summed E-state index contributed by atoms with van der Waals surface area (Å²) in [6.45, 7) is 13.5. The molecular formula is C52H64N18O6. The molecule has 0 bridgehead atoms. The number of anilines is 4. The third kappa shape index (κ3) is 14.5. The number of hydrogen-bond donors (Lipinski definition) is 4. The fourth-order valence-corrected chi connectivity index (χ4v) is 8.83. The van der Waals surface area contributed by atoms with Crippen LogP contribution < -0.4 is 10.6 Å². The van der Waals surface area contributed by atoms with Gasteiger partial charge in [0.25, 0.3) is 0 Å². The maximum absolute atomic E-state index is 9.10. The number of nitrogens with one attached hydrogen (secondary N) is 2. The Morgan fingerprint density at radius 3 is 1.37 bits per heavy atom. The molecule has 0 radical (unpaired) electrons. The first-order valence-corrected chi connectivity index (χ1v) is 25.2. The molecule has 0 saturated carbocycles. The molecule has 398 valence electrons. The predicted octanol–water partition coefficient (Wildman–Crippen LogP) is 6.45. The van der Waals surface area contributed by atoms with Crippen LogP contribution in [0.25, 0.3) is 45.0 Å². The zero-order chi connectivity index (χ0) is 53.2. The van der Waals surface area contributed by atoms with Crippen molar-refractivity contribution in [1.29, 1.82) is 0 Å². The number of aliphatic carboxylic acids is 2. The molecule has 2 fully saturated rings. The summed E-state index contributed by atoms with van der Waals surface area (Å²) in [7, 11) is 3.50. The number of rotatable bonds is 18. The van der Waals surface area contributed by atoms with Crippen molar-refractivity contribution in [2.75, 3.05) is 77.3 Å². The summed E-state index contributed by atoms with van der Waals surface area (Å²) in [6.07, 6.45) is 26.8. The zero-order valence-corrected chi connectivity index (χ0v) is 43.1. The van der Waals surface area contributed by atoms with Gasteiger partial charge < -0.3 is 40.1 Å². The predicted molar refractivity (Wildman–Crippen MR) is 284 cm³/mol. The van der Waals surface area contributed by atoms with E-state index in [9.17, 15) is 0 Å². The second kappa shape index (κ2) is 26.8. The number of aryl methyl sites for hydroxylation is 2. The monoisotopic (exact) mass is 1040 g/mol. The lowest BCUT2D eigenvalue weighted by atomic mass is 10.1. The van der Waals surface area contributed by atoms with Gasteiger partial charge in [0, 0.05) is 151 Å². The van der Waals surface area contributed by atoms with Gasteiger partial charge in [0.2, 0.25) is 11.9 Å². The topological polar surface area (TPSA) is 272 Å². The molecule has 0 unspecified atom stereocenters. The van der Waals surface area contributed by atoms with Crippen molar-refractivity contribution in [3.8, 4) is 45.0 Å². The SMILES string of the molecule is CCn1cc(-c2ccnc(Nc3cnn(C4CCN(CCOC)CC4)c3)n2)c(-c2cccnc2)n1.CCn1cc(-c2ccnc(Nc3cnn(C4CCN(CCOC)CC4)c3)n2)c(-c2cccnc2)n1.O=C(O)C(=O)O. The average Bonchev–Trinajstić information content (AvgIpc) is 4.31. The van der Waals surface area contributed by atoms with Gasteiger partial charge in [0.15, 0.2) is 0 Å². The number of hydrogen-bond acceptors (Lipinski definition) is 18. The van der Waals surface area contributed by atoms with Crippen molar-refractivity contribution in [2.24, 2.45) is 0 Å². The van der Waals surface area contributed by atoms with Gasteiger partial charge >= 0.3 is 11.9 Å². The fraction of sp³-hybridized carbons (Fsp3) is 0.385. The van der Waals surface area contributed by atoms with E-state index in [0.717, 1.165) is 148 Å². The van der Waals surface area contributed by atoms with E-state index in [0.29, 0.717) is 24.0 Å². The lowest BCUT2D eigenvalue weighted by Gasteiger charge is -2.31. The van der Waals surface area contributed by atoms with Crippen LogP contribution in [-0.2, 0) is 32.2 Å². The van der Waals surface area contributed by atoms with Crippen LogP contribution >= 0.6 is 0 Å². The molecular weight excluding hydrogens is 973 g/mol. The molecule has 8 aromatic rings. The van der Waals surface area contributed by atoms with Crippen LogP contribution in [-0.4, -0.2) is 168 Å². The Kier molecular flexibility index (Phi) is 19.0. The molecule has 4 N–H and O–H groups in total. The maximum atomic E-state index is 9.10. The van der Waals surface area contributed by atoms with Crippen molar-refractivity contribution in [1.82, 2.24) is 78.8 Å². The van der Waals surface area contributed by atoms with Gasteiger partial charge in [-0.2, -0.15) is 20.4 Å². The number of carbonyl (C=O) groups is 2. The fourth-order valence-electron chi connectivity index (χ4n) is 8.83. The van der Waals surface area contributed by atoms with Crippen LogP contribution in [0.4, 0.5) is 23.3 Å². The number of methoxy groups -OCH3 is 2. The Morgan fingerprint density at radius 2 is 1.01 bits per heavy atom. The number of pyridine rings is 2. The van der Waals surface area contributed by atoms with Crippen LogP contribution in [0, 0.1) is 0 Å². The molecule has 0 aromatic carbocycles. The van der Waals surface area contributed by atoms with E-state index >= 15 is 0 Å². The Labute approximate surface area is 439 Å². The van der Waals surface area contributed by atoms with Crippen molar-refractivity contribution in [2.45, 2.75) is 64.7 Å². The molecule has 10 heterocycles. The number of carboxylic acid groups (broad SMARTS) is 2. The van der Waals surface area contributed by atoms with Crippen molar-refractivity contribution < 1.29 is 29.3 Å². The van der Waals surface area contributed by atoms with E-state index in [1.165, 1.54) is 0 Å². The normalized spacial score (nSPS) is 14.3. The first-order valence-electron chi connectivity index (χ1n) is 25.2. The Hall–Kier alpha value is -8.32. The number of likely N-dealkylation sites (tertiary alicyclic amines) is 2. The highest BCUT2D eigenvalue weighted by molar-refractivity contribution is 6.27.